The molecule has 1 saturated carbocycles. The summed E-state index contributed by atoms with van der Waals surface area (Å²) >= 11 is 6.36. The highest BCUT2D eigenvalue weighted by Crippen LogP contribution is 2.44. The average Bonchev–Trinajstić information content (AvgIpc) is 2.47. The van der Waals surface area contributed by atoms with Gasteiger partial charge in [-0.3, -0.25) is 4.79 Å². The number of carbonyl (C=O) groups excluding carboxylic acids is 1. The van der Waals surface area contributed by atoms with Crippen molar-refractivity contribution in [2.24, 2.45) is 16.6 Å². The topological polar surface area (TPSA) is 64.7 Å². The van der Waals surface area contributed by atoms with Crippen LogP contribution in [0.25, 0.3) is 0 Å². The molecule has 1 aromatic carbocycles. The van der Waals surface area contributed by atoms with Crippen LogP contribution < -0.4 is 5.73 Å². The van der Waals surface area contributed by atoms with Gasteiger partial charge in [-0.15, -0.1) is 0 Å². The molecule has 4 nitrogen and oxygen atoms in total. The van der Waals surface area contributed by atoms with Crippen LogP contribution in [0.15, 0.2) is 29.3 Å². The molecule has 3 rings (SSSR count). The van der Waals surface area contributed by atoms with Gasteiger partial charge in [0.1, 0.15) is 0 Å². The maximum atomic E-state index is 12.9. The third kappa shape index (κ3) is 2.34. The number of ether oxygens (including phenoxy) is 1. The highest BCUT2D eigenvalue weighted by molar-refractivity contribution is 6.32. The van der Waals surface area contributed by atoms with Gasteiger partial charge in [-0.2, -0.15) is 0 Å². The highest BCUT2D eigenvalue weighted by atomic mass is 35.5. The van der Waals surface area contributed by atoms with Gasteiger partial charge >= 0.3 is 0 Å². The van der Waals surface area contributed by atoms with Crippen LogP contribution in [0, 0.1) is 5.92 Å². The molecule has 1 aliphatic heterocycles. The molecule has 0 radical (unpaired) electrons. The zero-order valence-corrected chi connectivity index (χ0v) is 13.6. The SMILES string of the molecule is CC(C)[C@H](N)C1=NC2(c3ccccc3Cl)CCC[C@H](O1)C2=O. The Morgan fingerprint density at radius 1 is 1.41 bits per heavy atom. The Kier molecular flexibility index (Phi) is 4.00. The van der Waals surface area contributed by atoms with Crippen LogP contribution in [0.2, 0.25) is 5.02 Å². The van der Waals surface area contributed by atoms with Crippen molar-refractivity contribution in [3.05, 3.63) is 34.9 Å². The van der Waals surface area contributed by atoms with E-state index >= 15 is 0 Å². The van der Waals surface area contributed by atoms with E-state index in [0.29, 0.717) is 17.3 Å². The number of Topliss-reactive ketones (excluding diaryl/α,β-unsaturated/α-hetero) is 1. The number of benzene rings is 1. The lowest BCUT2D eigenvalue weighted by Gasteiger charge is -2.42. The van der Waals surface area contributed by atoms with Crippen LogP contribution >= 0.6 is 11.6 Å². The van der Waals surface area contributed by atoms with Crippen molar-refractivity contribution in [3.8, 4) is 0 Å². The number of hydrogen-bond donors (Lipinski definition) is 1. The van der Waals surface area contributed by atoms with Crippen molar-refractivity contribution in [1.82, 2.24) is 0 Å². The minimum absolute atomic E-state index is 0.00607. The first-order chi connectivity index (χ1) is 10.5. The van der Waals surface area contributed by atoms with Gasteiger partial charge in [-0.25, -0.2) is 4.99 Å². The molecule has 0 saturated heterocycles. The third-order valence-electron chi connectivity index (χ3n) is 4.59. The number of halogens is 1. The fourth-order valence-electron chi connectivity index (χ4n) is 3.21. The number of hydrogen-bond acceptors (Lipinski definition) is 4. The molecule has 1 unspecified atom stereocenters. The van der Waals surface area contributed by atoms with Crippen molar-refractivity contribution >= 4 is 23.3 Å². The fraction of sp³-hybridized carbons (Fsp3) is 0.529. The smallest absolute Gasteiger partial charge is 0.205 e. The van der Waals surface area contributed by atoms with Gasteiger partial charge in [0.05, 0.1) is 6.04 Å². The molecule has 22 heavy (non-hydrogen) atoms. The monoisotopic (exact) mass is 320 g/mol. The molecule has 0 spiro atoms. The van der Waals surface area contributed by atoms with Gasteiger partial charge in [0.2, 0.25) is 11.7 Å². The lowest BCUT2D eigenvalue weighted by molar-refractivity contribution is -0.137. The van der Waals surface area contributed by atoms with Gasteiger partial charge in [-0.1, -0.05) is 43.6 Å². The maximum absolute atomic E-state index is 12.9. The molecule has 0 amide bonds. The molecule has 1 heterocycles. The molecule has 2 aliphatic rings. The minimum atomic E-state index is -0.929. The molecule has 1 fully saturated rings. The van der Waals surface area contributed by atoms with Crippen LogP contribution in [0.5, 0.6) is 0 Å². The summed E-state index contributed by atoms with van der Waals surface area (Å²) in [6.07, 6.45) is 1.80. The first-order valence-electron chi connectivity index (χ1n) is 7.77. The molecule has 2 bridgehead atoms. The largest absolute Gasteiger partial charge is 0.468 e. The van der Waals surface area contributed by atoms with E-state index in [1.165, 1.54) is 0 Å². The predicted octanol–water partition coefficient (Wildman–Crippen LogP) is 3.07. The lowest BCUT2D eigenvalue weighted by Crippen LogP contribution is -2.54. The summed E-state index contributed by atoms with van der Waals surface area (Å²) < 4.78 is 5.81. The Bertz CT molecular complexity index is 629. The van der Waals surface area contributed by atoms with Gasteiger partial charge in [0.15, 0.2) is 11.6 Å². The summed E-state index contributed by atoms with van der Waals surface area (Å²) in [5.74, 6) is 0.682. The molecule has 2 N–H and O–H groups in total. The highest BCUT2D eigenvalue weighted by Gasteiger charge is 2.52. The van der Waals surface area contributed by atoms with E-state index in [0.717, 1.165) is 18.4 Å². The summed E-state index contributed by atoms with van der Waals surface area (Å²) in [4.78, 5) is 17.6. The van der Waals surface area contributed by atoms with E-state index in [1.807, 2.05) is 32.0 Å². The second-order valence-electron chi connectivity index (χ2n) is 6.42. The van der Waals surface area contributed by atoms with Gasteiger partial charge in [0.25, 0.3) is 0 Å². The van der Waals surface area contributed by atoms with E-state index in [9.17, 15) is 4.79 Å². The van der Waals surface area contributed by atoms with Crippen molar-refractivity contribution in [3.63, 3.8) is 0 Å². The van der Waals surface area contributed by atoms with Crippen molar-refractivity contribution < 1.29 is 9.53 Å². The first kappa shape index (κ1) is 15.5. The Balaban J connectivity index is 2.15. The molecular formula is C17H21ClN2O2. The molecule has 3 atom stereocenters. The minimum Gasteiger partial charge on any atom is -0.468 e. The van der Waals surface area contributed by atoms with E-state index in [-0.39, 0.29) is 17.7 Å². The van der Waals surface area contributed by atoms with Gasteiger partial charge < -0.3 is 10.5 Å². The number of aliphatic imine (C=N–C) groups is 1. The second-order valence-corrected chi connectivity index (χ2v) is 6.83. The van der Waals surface area contributed by atoms with E-state index in [2.05, 4.69) is 0 Å². The van der Waals surface area contributed by atoms with Crippen LogP contribution in [-0.4, -0.2) is 23.8 Å². The first-order valence-corrected chi connectivity index (χ1v) is 8.15. The van der Waals surface area contributed by atoms with E-state index in [1.54, 1.807) is 6.07 Å². The Hall–Kier alpha value is -1.39. The van der Waals surface area contributed by atoms with Crippen LogP contribution in [0.1, 0.15) is 38.7 Å². The lowest BCUT2D eigenvalue weighted by atomic mass is 9.73. The second kappa shape index (κ2) is 5.67. The summed E-state index contributed by atoms with van der Waals surface area (Å²) in [5, 5.41) is 0.569. The Morgan fingerprint density at radius 2 is 2.14 bits per heavy atom. The molecule has 0 aromatic heterocycles. The van der Waals surface area contributed by atoms with Gasteiger partial charge in [-0.05, 0) is 31.2 Å². The summed E-state index contributed by atoms with van der Waals surface area (Å²) in [5.41, 5.74) is 6.05. The summed E-state index contributed by atoms with van der Waals surface area (Å²) in [6, 6.07) is 7.12. The van der Waals surface area contributed by atoms with Crippen LogP contribution in [0.4, 0.5) is 0 Å². The van der Waals surface area contributed by atoms with Crippen LogP contribution in [-0.2, 0) is 15.1 Å². The molecule has 1 aliphatic carbocycles. The fourth-order valence-corrected chi connectivity index (χ4v) is 3.50. The number of rotatable bonds is 3. The van der Waals surface area contributed by atoms with E-state index < -0.39 is 11.6 Å². The predicted molar refractivity (Wildman–Crippen MR) is 87.1 cm³/mol. The number of nitrogens with two attached hydrogens (primary N) is 1. The average molecular weight is 321 g/mol. The summed E-state index contributed by atoms with van der Waals surface area (Å²) in [6.45, 7) is 4.04. The molecular weight excluding hydrogens is 300 g/mol. The molecule has 1 aromatic rings. The Morgan fingerprint density at radius 3 is 2.82 bits per heavy atom. The Labute approximate surface area is 135 Å². The quantitative estimate of drug-likeness (QED) is 0.930. The number of carbonyl (C=O) groups is 1. The van der Waals surface area contributed by atoms with Crippen molar-refractivity contribution in [2.75, 3.05) is 0 Å². The molecule has 118 valence electrons. The van der Waals surface area contributed by atoms with Crippen LogP contribution in [0.3, 0.4) is 0 Å². The van der Waals surface area contributed by atoms with Gasteiger partial charge in [0, 0.05) is 10.6 Å². The molecule has 5 heteroatoms. The zero-order chi connectivity index (χ0) is 15.9. The number of ketones is 1. The normalized spacial score (nSPS) is 29.0. The summed E-state index contributed by atoms with van der Waals surface area (Å²) in [7, 11) is 0. The number of fused-ring (bicyclic) bond motifs is 2. The number of nitrogens with zero attached hydrogens (tertiary/aromatic N) is 1. The van der Waals surface area contributed by atoms with Crippen molar-refractivity contribution in [2.45, 2.75) is 50.8 Å². The van der Waals surface area contributed by atoms with Crippen molar-refractivity contribution in [1.29, 1.82) is 0 Å². The maximum Gasteiger partial charge on any atom is 0.205 e. The zero-order valence-electron chi connectivity index (χ0n) is 12.9. The standard InChI is InChI=1S/C17H21ClN2O2/c1-10(2)14(19)16-20-17(11-6-3-4-7-12(11)18)9-5-8-13(22-16)15(17)21/h3-4,6-7,10,13-14H,5,8-9,19H2,1-2H3/t13-,14-,17?/m0/s1. The third-order valence-corrected chi connectivity index (χ3v) is 4.92. The van der Waals surface area contributed by atoms with E-state index in [4.69, 9.17) is 27.1 Å².